The zero-order chi connectivity index (χ0) is 11.5. The van der Waals surface area contributed by atoms with Crippen LogP contribution in [-0.2, 0) is 4.74 Å². The predicted molar refractivity (Wildman–Crippen MR) is 61.5 cm³/mol. The maximum absolute atomic E-state index is 12.1. The zero-order valence-electron chi connectivity index (χ0n) is 10.2. The molecule has 1 atom stereocenters. The number of likely N-dealkylation sites (N-methyl/N-ethyl adjacent to an activating group) is 1. The molecule has 0 bridgehead atoms. The summed E-state index contributed by atoms with van der Waals surface area (Å²) in [5, 5.41) is 0. The Hall–Kier alpha value is -0.810. The van der Waals surface area contributed by atoms with Gasteiger partial charge in [-0.2, -0.15) is 0 Å². The fourth-order valence-electron chi connectivity index (χ4n) is 2.29. The quantitative estimate of drug-likeness (QED) is 0.636. The number of ether oxygens (including phenoxy) is 1. The third kappa shape index (κ3) is 2.47. The van der Waals surface area contributed by atoms with E-state index in [-0.39, 0.29) is 12.1 Å². The molecule has 2 amide bonds. The molecule has 2 saturated heterocycles. The zero-order valence-corrected chi connectivity index (χ0v) is 10.2. The number of hydrogen-bond acceptors (Lipinski definition) is 3. The van der Waals surface area contributed by atoms with Crippen LogP contribution in [0.25, 0.3) is 0 Å². The number of nitrogens with zero attached hydrogens (tertiary/aromatic N) is 3. The number of urea groups is 1. The number of carbonyl (C=O) groups is 1. The van der Waals surface area contributed by atoms with Crippen LogP contribution in [0.15, 0.2) is 0 Å². The van der Waals surface area contributed by atoms with Gasteiger partial charge in [-0.25, -0.2) is 4.79 Å². The molecule has 0 aromatic heterocycles. The van der Waals surface area contributed by atoms with Gasteiger partial charge in [0.15, 0.2) is 0 Å². The van der Waals surface area contributed by atoms with Crippen molar-refractivity contribution in [1.82, 2.24) is 14.7 Å². The van der Waals surface area contributed by atoms with E-state index >= 15 is 0 Å². The smallest absolute Gasteiger partial charge is 0.320 e. The molecule has 1 unspecified atom stereocenters. The molecule has 2 heterocycles. The van der Waals surface area contributed by atoms with Gasteiger partial charge in [-0.15, -0.1) is 0 Å². The minimum absolute atomic E-state index is 0.188. The maximum Gasteiger partial charge on any atom is 0.320 e. The first-order chi connectivity index (χ1) is 7.70. The average molecular weight is 227 g/mol. The summed E-state index contributed by atoms with van der Waals surface area (Å²) in [4.78, 5) is 18.3. The molecule has 2 fully saturated rings. The Morgan fingerprint density at radius 2 is 1.81 bits per heavy atom. The van der Waals surface area contributed by atoms with Crippen molar-refractivity contribution in [3.05, 3.63) is 0 Å². The fraction of sp³-hybridized carbons (Fsp3) is 0.909. The highest BCUT2D eigenvalue weighted by atomic mass is 16.5. The molecular formula is C11H21N3O2. The van der Waals surface area contributed by atoms with Crippen LogP contribution < -0.4 is 0 Å². The van der Waals surface area contributed by atoms with Gasteiger partial charge >= 0.3 is 6.03 Å². The molecule has 0 spiro atoms. The molecule has 0 radical (unpaired) electrons. The summed E-state index contributed by atoms with van der Waals surface area (Å²) in [7, 11) is 3.81. The average Bonchev–Trinajstić information content (AvgIpc) is 2.77. The van der Waals surface area contributed by atoms with Crippen molar-refractivity contribution < 1.29 is 9.53 Å². The van der Waals surface area contributed by atoms with Crippen molar-refractivity contribution in [2.45, 2.75) is 12.5 Å². The van der Waals surface area contributed by atoms with E-state index in [0.29, 0.717) is 0 Å². The van der Waals surface area contributed by atoms with Crippen molar-refractivity contribution in [2.24, 2.45) is 0 Å². The standard InChI is InChI=1S/C11H21N3O2/c1-12-5-7-13(8-6-12)11(15)14-4-3-10(9-14)16-2/h10H,3-9H2,1-2H3. The first-order valence-electron chi connectivity index (χ1n) is 5.96. The Morgan fingerprint density at radius 1 is 1.12 bits per heavy atom. The Labute approximate surface area is 96.9 Å². The Kier molecular flexibility index (Phi) is 3.66. The summed E-state index contributed by atoms with van der Waals surface area (Å²) < 4.78 is 5.28. The second-order valence-electron chi connectivity index (χ2n) is 4.67. The number of carbonyl (C=O) groups excluding carboxylic acids is 1. The van der Waals surface area contributed by atoms with Crippen molar-refractivity contribution >= 4 is 6.03 Å². The van der Waals surface area contributed by atoms with Crippen LogP contribution in [0.4, 0.5) is 4.79 Å². The van der Waals surface area contributed by atoms with Crippen LogP contribution in [0.3, 0.4) is 0 Å². The number of hydrogen-bond donors (Lipinski definition) is 0. The molecule has 0 N–H and O–H groups in total. The van der Waals surface area contributed by atoms with Gasteiger partial charge in [-0.05, 0) is 13.5 Å². The van der Waals surface area contributed by atoms with Gasteiger partial charge in [0.1, 0.15) is 0 Å². The molecule has 0 aromatic rings. The van der Waals surface area contributed by atoms with Crippen molar-refractivity contribution in [1.29, 1.82) is 0 Å². The maximum atomic E-state index is 12.1. The first-order valence-corrected chi connectivity index (χ1v) is 5.96. The van der Waals surface area contributed by atoms with Crippen LogP contribution in [0.1, 0.15) is 6.42 Å². The third-order valence-corrected chi connectivity index (χ3v) is 3.52. The first kappa shape index (κ1) is 11.7. The highest BCUT2D eigenvalue weighted by molar-refractivity contribution is 5.75. The highest BCUT2D eigenvalue weighted by Crippen LogP contribution is 2.14. The van der Waals surface area contributed by atoms with E-state index in [4.69, 9.17) is 4.74 Å². The SMILES string of the molecule is COC1CCN(C(=O)N2CCN(C)CC2)C1. The van der Waals surface area contributed by atoms with E-state index in [1.54, 1.807) is 7.11 Å². The van der Waals surface area contributed by atoms with E-state index in [1.165, 1.54) is 0 Å². The lowest BCUT2D eigenvalue weighted by Gasteiger charge is -2.34. The highest BCUT2D eigenvalue weighted by Gasteiger charge is 2.30. The van der Waals surface area contributed by atoms with Gasteiger partial charge in [0.25, 0.3) is 0 Å². The Balaban J connectivity index is 1.83. The summed E-state index contributed by atoms with van der Waals surface area (Å²) in [6.07, 6.45) is 1.20. The lowest BCUT2D eigenvalue weighted by molar-refractivity contribution is 0.0993. The third-order valence-electron chi connectivity index (χ3n) is 3.52. The largest absolute Gasteiger partial charge is 0.380 e. The van der Waals surface area contributed by atoms with Crippen LogP contribution >= 0.6 is 0 Å². The number of likely N-dealkylation sites (tertiary alicyclic amines) is 1. The van der Waals surface area contributed by atoms with E-state index in [9.17, 15) is 4.79 Å². The van der Waals surface area contributed by atoms with Crippen LogP contribution in [0.2, 0.25) is 0 Å². The Morgan fingerprint density at radius 3 is 2.38 bits per heavy atom. The van der Waals surface area contributed by atoms with Gasteiger partial charge < -0.3 is 19.4 Å². The Bertz CT molecular complexity index is 248. The lowest BCUT2D eigenvalue weighted by atomic mass is 10.3. The van der Waals surface area contributed by atoms with Crippen LogP contribution in [0, 0.1) is 0 Å². The van der Waals surface area contributed by atoms with E-state index in [1.807, 2.05) is 9.80 Å². The van der Waals surface area contributed by atoms with Gasteiger partial charge in [0.2, 0.25) is 0 Å². The van der Waals surface area contributed by atoms with Crippen molar-refractivity contribution in [3.8, 4) is 0 Å². The summed E-state index contributed by atoms with van der Waals surface area (Å²) in [5.41, 5.74) is 0. The van der Waals surface area contributed by atoms with Gasteiger partial charge in [-0.1, -0.05) is 0 Å². The molecule has 2 rings (SSSR count). The number of methoxy groups -OCH3 is 1. The molecule has 92 valence electrons. The molecule has 16 heavy (non-hydrogen) atoms. The van der Waals surface area contributed by atoms with E-state index in [0.717, 1.165) is 45.7 Å². The molecule has 5 nitrogen and oxygen atoms in total. The van der Waals surface area contributed by atoms with Crippen LogP contribution in [0.5, 0.6) is 0 Å². The number of amides is 2. The molecule has 2 aliphatic heterocycles. The molecule has 5 heteroatoms. The molecular weight excluding hydrogens is 206 g/mol. The topological polar surface area (TPSA) is 36.0 Å². The van der Waals surface area contributed by atoms with Gasteiger partial charge in [0, 0.05) is 46.4 Å². The molecule has 0 aliphatic carbocycles. The van der Waals surface area contributed by atoms with Gasteiger partial charge in [-0.3, -0.25) is 0 Å². The second kappa shape index (κ2) is 5.01. The van der Waals surface area contributed by atoms with E-state index < -0.39 is 0 Å². The molecule has 0 saturated carbocycles. The minimum Gasteiger partial charge on any atom is -0.380 e. The monoisotopic (exact) mass is 227 g/mol. The molecule has 2 aliphatic rings. The number of rotatable bonds is 1. The fourth-order valence-corrected chi connectivity index (χ4v) is 2.29. The molecule has 0 aromatic carbocycles. The van der Waals surface area contributed by atoms with Crippen molar-refractivity contribution in [3.63, 3.8) is 0 Å². The normalized spacial score (nSPS) is 27.5. The van der Waals surface area contributed by atoms with E-state index in [2.05, 4.69) is 11.9 Å². The summed E-state index contributed by atoms with van der Waals surface area (Å²) in [6, 6.07) is 0.188. The summed E-state index contributed by atoms with van der Waals surface area (Å²) in [5.74, 6) is 0. The van der Waals surface area contributed by atoms with Crippen LogP contribution in [-0.4, -0.2) is 80.3 Å². The summed E-state index contributed by atoms with van der Waals surface area (Å²) in [6.45, 7) is 5.25. The van der Waals surface area contributed by atoms with Gasteiger partial charge in [0.05, 0.1) is 6.10 Å². The van der Waals surface area contributed by atoms with Crippen molar-refractivity contribution in [2.75, 3.05) is 53.4 Å². The predicted octanol–water partition coefficient (Wildman–Crippen LogP) is 0.0745. The lowest BCUT2D eigenvalue weighted by Crippen LogP contribution is -2.51. The second-order valence-corrected chi connectivity index (χ2v) is 4.67. The summed E-state index contributed by atoms with van der Waals surface area (Å²) >= 11 is 0. The number of piperazine rings is 1. The minimum atomic E-state index is 0.188.